The first-order chi connectivity index (χ1) is 8.66. The molecule has 0 saturated heterocycles. The van der Waals surface area contributed by atoms with Gasteiger partial charge in [-0.3, -0.25) is 10.1 Å². The Kier molecular flexibility index (Phi) is 3.29. The molecule has 6 nitrogen and oxygen atoms in total. The van der Waals surface area contributed by atoms with E-state index in [0.717, 1.165) is 0 Å². The minimum absolute atomic E-state index is 0.0993. The third-order valence-corrected chi connectivity index (χ3v) is 2.22. The average Bonchev–Trinajstić information content (AvgIpc) is 2.40. The van der Waals surface area contributed by atoms with Gasteiger partial charge >= 0.3 is 0 Å². The zero-order valence-corrected chi connectivity index (χ0v) is 9.26. The van der Waals surface area contributed by atoms with Gasteiger partial charge in [-0.1, -0.05) is 29.1 Å². The van der Waals surface area contributed by atoms with E-state index in [1.807, 2.05) is 0 Å². The fraction of sp³-hybridized carbons (Fsp3) is 0. The van der Waals surface area contributed by atoms with E-state index in [1.54, 1.807) is 30.3 Å². The molecule has 90 valence electrons. The van der Waals surface area contributed by atoms with Gasteiger partial charge in [0.25, 0.3) is 5.69 Å². The summed E-state index contributed by atoms with van der Waals surface area (Å²) in [6, 6.07) is 14.0. The van der Waals surface area contributed by atoms with E-state index in [0.29, 0.717) is 10.5 Å². The van der Waals surface area contributed by atoms with Crippen LogP contribution in [0.4, 0.5) is 17.1 Å². The van der Waals surface area contributed by atoms with Gasteiger partial charge in [-0.2, -0.15) is 0 Å². The number of nitro benzene ring substituents is 1. The van der Waals surface area contributed by atoms with Crippen molar-refractivity contribution in [1.29, 1.82) is 0 Å². The van der Waals surface area contributed by atoms with Gasteiger partial charge in [0, 0.05) is 29.4 Å². The molecule has 0 aromatic heterocycles. The Hall–Kier alpha value is -2.76. The summed E-state index contributed by atoms with van der Waals surface area (Å²) < 4.78 is 0. The molecule has 0 fully saturated rings. The molecule has 2 aromatic rings. The van der Waals surface area contributed by atoms with E-state index < -0.39 is 4.92 Å². The number of hydrogen-bond donors (Lipinski definition) is 0. The number of para-hydroxylation sites is 1. The second-order valence-electron chi connectivity index (χ2n) is 3.49. The highest BCUT2D eigenvalue weighted by Crippen LogP contribution is 2.21. The molecule has 0 heterocycles. The van der Waals surface area contributed by atoms with Gasteiger partial charge in [-0.15, -0.1) is 0 Å². The first-order valence-corrected chi connectivity index (χ1v) is 5.15. The third-order valence-electron chi connectivity index (χ3n) is 2.22. The van der Waals surface area contributed by atoms with Gasteiger partial charge in [-0.05, 0) is 6.07 Å². The zero-order valence-electron chi connectivity index (χ0n) is 9.26. The van der Waals surface area contributed by atoms with E-state index in [-0.39, 0.29) is 11.4 Å². The van der Waals surface area contributed by atoms with Crippen molar-refractivity contribution < 1.29 is 9.78 Å². The summed E-state index contributed by atoms with van der Waals surface area (Å²) in [6.07, 6.45) is 0. The largest absolute Gasteiger partial charge is 0.594 e. The predicted molar refractivity (Wildman–Crippen MR) is 64.9 cm³/mol. The fourth-order valence-electron chi connectivity index (χ4n) is 1.39. The topological polar surface area (TPSA) is 81.6 Å². The first-order valence-electron chi connectivity index (χ1n) is 5.15. The van der Waals surface area contributed by atoms with Crippen molar-refractivity contribution in [2.45, 2.75) is 0 Å². The lowest BCUT2D eigenvalue weighted by atomic mass is 10.3. The van der Waals surface area contributed by atoms with Crippen LogP contribution in [0.15, 0.2) is 59.7 Å². The smallest absolute Gasteiger partial charge is 0.271 e. The minimum atomic E-state index is -0.531. The molecule has 2 rings (SSSR count). The summed E-state index contributed by atoms with van der Waals surface area (Å²) in [6.45, 7) is 0. The van der Waals surface area contributed by atoms with Gasteiger partial charge in [0.05, 0.1) is 4.92 Å². The normalized spacial score (nSPS) is 11.2. The van der Waals surface area contributed by atoms with Gasteiger partial charge in [0.1, 0.15) is 5.69 Å². The van der Waals surface area contributed by atoms with Crippen molar-refractivity contribution >= 4 is 17.1 Å². The molecular formula is C12H9N3O3. The average molecular weight is 243 g/mol. The van der Waals surface area contributed by atoms with Crippen LogP contribution in [0.5, 0.6) is 0 Å². The molecule has 0 radical (unpaired) electrons. The van der Waals surface area contributed by atoms with Crippen LogP contribution in [0, 0.1) is 15.3 Å². The van der Waals surface area contributed by atoms with Crippen LogP contribution in [0.1, 0.15) is 0 Å². The second-order valence-corrected chi connectivity index (χ2v) is 3.49. The van der Waals surface area contributed by atoms with E-state index in [2.05, 4.69) is 5.11 Å². The summed E-state index contributed by atoms with van der Waals surface area (Å²) in [5.74, 6) is 0. The Morgan fingerprint density at radius 2 is 1.56 bits per heavy atom. The summed E-state index contributed by atoms with van der Waals surface area (Å²) >= 11 is 0. The highest BCUT2D eigenvalue weighted by atomic mass is 16.6. The summed E-state index contributed by atoms with van der Waals surface area (Å²) in [4.78, 5) is 10.5. The van der Waals surface area contributed by atoms with Crippen molar-refractivity contribution in [2.24, 2.45) is 5.11 Å². The predicted octanol–water partition coefficient (Wildman–Crippen LogP) is 3.52. The number of azo groups is 1. The van der Waals surface area contributed by atoms with Crippen molar-refractivity contribution in [3.8, 4) is 0 Å². The quantitative estimate of drug-likeness (QED) is 0.358. The maximum atomic E-state index is 11.7. The molecule has 0 amide bonds. The molecule has 0 spiro atoms. The summed E-state index contributed by atoms with van der Waals surface area (Å²) in [7, 11) is 0. The molecule has 0 unspecified atom stereocenters. The number of hydrogen-bond acceptors (Lipinski definition) is 4. The van der Waals surface area contributed by atoms with Gasteiger partial charge in [0.15, 0.2) is 0 Å². The number of nitrogens with zero attached hydrogens (tertiary/aromatic N) is 3. The summed E-state index contributed by atoms with van der Waals surface area (Å²) in [5, 5.41) is 26.0. The monoisotopic (exact) mass is 243 g/mol. The maximum absolute atomic E-state index is 11.7. The molecule has 0 saturated carbocycles. The van der Waals surface area contributed by atoms with Crippen LogP contribution in [-0.4, -0.2) is 9.78 Å². The molecule has 2 aromatic carbocycles. The van der Waals surface area contributed by atoms with Gasteiger partial charge in [-0.25, -0.2) is 0 Å². The van der Waals surface area contributed by atoms with Crippen LogP contribution in [0.25, 0.3) is 0 Å². The molecule has 0 bridgehead atoms. The number of nitro groups is 1. The lowest BCUT2D eigenvalue weighted by Crippen LogP contribution is -1.90. The third kappa shape index (κ3) is 2.67. The minimum Gasteiger partial charge on any atom is -0.594 e. The molecule has 0 N–H and O–H groups in total. The summed E-state index contributed by atoms with van der Waals surface area (Å²) in [5.41, 5.74) is 0.504. The van der Waals surface area contributed by atoms with E-state index in [1.165, 1.54) is 24.3 Å². The number of benzene rings is 2. The van der Waals surface area contributed by atoms with E-state index in [9.17, 15) is 15.3 Å². The van der Waals surface area contributed by atoms with Crippen molar-refractivity contribution in [2.75, 3.05) is 0 Å². The SMILES string of the molecule is O=[N+]([O-])c1cccc(N=[N+]([O-])c2ccccc2)c1. The van der Waals surface area contributed by atoms with Crippen LogP contribution < -0.4 is 0 Å². The zero-order chi connectivity index (χ0) is 13.0. The maximum Gasteiger partial charge on any atom is 0.271 e. The lowest BCUT2D eigenvalue weighted by Gasteiger charge is -1.98. The van der Waals surface area contributed by atoms with Crippen LogP contribution >= 0.6 is 0 Å². The Morgan fingerprint density at radius 1 is 0.889 bits per heavy atom. The van der Waals surface area contributed by atoms with Crippen molar-refractivity contribution in [3.63, 3.8) is 0 Å². The molecule has 0 aliphatic carbocycles. The van der Waals surface area contributed by atoms with Gasteiger partial charge in [0.2, 0.25) is 5.69 Å². The molecule has 0 aliphatic rings. The Labute approximate surface area is 103 Å². The molecule has 0 aliphatic heterocycles. The van der Waals surface area contributed by atoms with Crippen LogP contribution in [0.3, 0.4) is 0 Å². The number of rotatable bonds is 3. The number of non-ortho nitro benzene ring substituents is 1. The molecular weight excluding hydrogens is 234 g/mol. The standard InChI is InChI=1S/C12H9N3O3/c16-14(11-6-2-1-3-7-11)13-10-5-4-8-12(9-10)15(17)18/h1-9H. The van der Waals surface area contributed by atoms with Crippen molar-refractivity contribution in [3.05, 3.63) is 69.9 Å². The van der Waals surface area contributed by atoms with E-state index >= 15 is 0 Å². The lowest BCUT2D eigenvalue weighted by molar-refractivity contribution is -0.435. The van der Waals surface area contributed by atoms with Crippen LogP contribution in [-0.2, 0) is 0 Å². The molecule has 6 heteroatoms. The highest BCUT2D eigenvalue weighted by Gasteiger charge is 2.08. The highest BCUT2D eigenvalue weighted by molar-refractivity contribution is 5.46. The Balaban J connectivity index is 2.33. The molecule has 0 atom stereocenters. The van der Waals surface area contributed by atoms with E-state index in [4.69, 9.17) is 0 Å². The van der Waals surface area contributed by atoms with Crippen LogP contribution in [0.2, 0.25) is 0 Å². The van der Waals surface area contributed by atoms with Gasteiger partial charge < -0.3 is 5.21 Å². The molecule has 18 heavy (non-hydrogen) atoms. The Bertz CT molecular complexity index is 597. The second kappa shape index (κ2) is 5.05. The fourth-order valence-corrected chi connectivity index (χ4v) is 1.39. The Morgan fingerprint density at radius 3 is 2.22 bits per heavy atom. The first kappa shape index (κ1) is 11.7. The van der Waals surface area contributed by atoms with Crippen molar-refractivity contribution in [1.82, 2.24) is 0 Å².